The van der Waals surface area contributed by atoms with Gasteiger partial charge in [-0.15, -0.1) is 0 Å². The topological polar surface area (TPSA) is 3.24 Å². The second kappa shape index (κ2) is 3.23. The van der Waals surface area contributed by atoms with E-state index in [0.717, 1.165) is 29.8 Å². The lowest BCUT2D eigenvalue weighted by Gasteiger charge is -2.39. The summed E-state index contributed by atoms with van der Waals surface area (Å²) in [5.41, 5.74) is 0. The molecule has 0 N–H and O–H groups in total. The fraction of sp³-hybridized carbons (Fsp3) is 1.00. The fourth-order valence-corrected chi connectivity index (χ4v) is 4.68. The molecule has 0 spiro atoms. The fourth-order valence-electron chi connectivity index (χ4n) is 4.68. The average Bonchev–Trinajstić information content (AvgIpc) is 2.60. The Kier molecular flexibility index (Phi) is 2.12. The van der Waals surface area contributed by atoms with Crippen molar-refractivity contribution in [1.82, 2.24) is 4.90 Å². The number of rotatable bonds is 0. The minimum atomic E-state index is 0.965. The SMILES string of the molecule is CC1CC(C)C2C(C1)CC1CCCN12. The molecule has 2 heterocycles. The van der Waals surface area contributed by atoms with E-state index >= 15 is 0 Å². The Bertz CT molecular complexity index is 225. The van der Waals surface area contributed by atoms with Crippen molar-refractivity contribution in [3.05, 3.63) is 0 Å². The zero-order valence-corrected chi connectivity index (χ0v) is 9.58. The molecule has 1 heteroatoms. The molecule has 3 aliphatic rings. The molecule has 0 bridgehead atoms. The highest BCUT2D eigenvalue weighted by Crippen LogP contribution is 2.47. The lowest BCUT2D eigenvalue weighted by atomic mass is 9.73. The molecule has 0 amide bonds. The van der Waals surface area contributed by atoms with Crippen LogP contribution in [0.1, 0.15) is 46.0 Å². The van der Waals surface area contributed by atoms with Crippen LogP contribution in [0.15, 0.2) is 0 Å². The molecule has 2 saturated heterocycles. The molecule has 0 radical (unpaired) electrons. The van der Waals surface area contributed by atoms with Gasteiger partial charge in [0.2, 0.25) is 0 Å². The Balaban J connectivity index is 1.81. The van der Waals surface area contributed by atoms with Crippen molar-refractivity contribution in [3.63, 3.8) is 0 Å². The third-order valence-electron chi connectivity index (χ3n) is 4.93. The highest BCUT2D eigenvalue weighted by atomic mass is 15.2. The van der Waals surface area contributed by atoms with Crippen LogP contribution in [0.4, 0.5) is 0 Å². The summed E-state index contributed by atoms with van der Waals surface area (Å²) in [7, 11) is 0. The molecule has 3 rings (SSSR count). The van der Waals surface area contributed by atoms with Crippen LogP contribution in [-0.2, 0) is 0 Å². The minimum Gasteiger partial charge on any atom is -0.297 e. The van der Waals surface area contributed by atoms with Crippen molar-refractivity contribution in [2.75, 3.05) is 6.54 Å². The zero-order chi connectivity index (χ0) is 9.71. The summed E-state index contributed by atoms with van der Waals surface area (Å²) in [6, 6.07) is 1.96. The van der Waals surface area contributed by atoms with Gasteiger partial charge in [0.05, 0.1) is 0 Å². The molecule has 3 fully saturated rings. The van der Waals surface area contributed by atoms with E-state index in [-0.39, 0.29) is 0 Å². The highest BCUT2D eigenvalue weighted by molar-refractivity contribution is 5.01. The van der Waals surface area contributed by atoms with Crippen molar-refractivity contribution in [1.29, 1.82) is 0 Å². The summed E-state index contributed by atoms with van der Waals surface area (Å²) in [5.74, 6) is 3.01. The van der Waals surface area contributed by atoms with Crippen molar-refractivity contribution in [2.24, 2.45) is 17.8 Å². The first-order valence-corrected chi connectivity index (χ1v) is 6.51. The van der Waals surface area contributed by atoms with Crippen LogP contribution < -0.4 is 0 Å². The second-order valence-corrected chi connectivity index (χ2v) is 6.07. The number of hydrogen-bond donors (Lipinski definition) is 0. The lowest BCUT2D eigenvalue weighted by molar-refractivity contribution is 0.104. The molecule has 80 valence electrons. The summed E-state index contributed by atoms with van der Waals surface area (Å²) >= 11 is 0. The van der Waals surface area contributed by atoms with Crippen molar-refractivity contribution in [2.45, 2.75) is 58.0 Å². The zero-order valence-electron chi connectivity index (χ0n) is 9.58. The van der Waals surface area contributed by atoms with Gasteiger partial charge in [-0.1, -0.05) is 13.8 Å². The van der Waals surface area contributed by atoms with Gasteiger partial charge in [0, 0.05) is 12.1 Å². The number of hydrogen-bond acceptors (Lipinski definition) is 1. The van der Waals surface area contributed by atoms with Gasteiger partial charge in [-0.2, -0.15) is 0 Å². The molecule has 1 nitrogen and oxygen atoms in total. The van der Waals surface area contributed by atoms with Crippen LogP contribution in [0.5, 0.6) is 0 Å². The van der Waals surface area contributed by atoms with Crippen LogP contribution in [0, 0.1) is 17.8 Å². The second-order valence-electron chi connectivity index (χ2n) is 6.07. The predicted octanol–water partition coefficient (Wildman–Crippen LogP) is 2.91. The summed E-state index contributed by atoms with van der Waals surface area (Å²) in [6.07, 6.45) is 7.48. The maximum absolute atomic E-state index is 2.86. The van der Waals surface area contributed by atoms with Crippen LogP contribution in [0.3, 0.4) is 0 Å². The highest BCUT2D eigenvalue weighted by Gasteiger charge is 2.47. The maximum Gasteiger partial charge on any atom is 0.0153 e. The van der Waals surface area contributed by atoms with Gasteiger partial charge in [-0.25, -0.2) is 0 Å². The summed E-state index contributed by atoms with van der Waals surface area (Å²) in [5, 5.41) is 0. The van der Waals surface area contributed by atoms with Gasteiger partial charge in [0.15, 0.2) is 0 Å². The quantitative estimate of drug-likeness (QED) is 0.572. The molecule has 1 saturated carbocycles. The predicted molar refractivity (Wildman–Crippen MR) is 59.2 cm³/mol. The molecule has 0 aromatic heterocycles. The third-order valence-corrected chi connectivity index (χ3v) is 4.93. The lowest BCUT2D eigenvalue weighted by Crippen LogP contribution is -2.42. The normalized spacial score (nSPS) is 53.1. The van der Waals surface area contributed by atoms with Gasteiger partial charge in [0.25, 0.3) is 0 Å². The van der Waals surface area contributed by atoms with Gasteiger partial charge < -0.3 is 0 Å². The molecule has 5 atom stereocenters. The van der Waals surface area contributed by atoms with Gasteiger partial charge in [0.1, 0.15) is 0 Å². The van der Waals surface area contributed by atoms with E-state index in [0.29, 0.717) is 0 Å². The van der Waals surface area contributed by atoms with Crippen LogP contribution in [-0.4, -0.2) is 23.5 Å². The summed E-state index contributed by atoms with van der Waals surface area (Å²) < 4.78 is 0. The van der Waals surface area contributed by atoms with Crippen LogP contribution >= 0.6 is 0 Å². The first-order chi connectivity index (χ1) is 6.75. The monoisotopic (exact) mass is 193 g/mol. The molecule has 0 aromatic carbocycles. The van der Waals surface area contributed by atoms with E-state index < -0.39 is 0 Å². The number of nitrogens with zero attached hydrogens (tertiary/aromatic N) is 1. The average molecular weight is 193 g/mol. The Morgan fingerprint density at radius 1 is 1.07 bits per heavy atom. The van der Waals surface area contributed by atoms with E-state index in [4.69, 9.17) is 0 Å². The Morgan fingerprint density at radius 3 is 2.79 bits per heavy atom. The van der Waals surface area contributed by atoms with E-state index in [1.54, 1.807) is 0 Å². The summed E-state index contributed by atoms with van der Waals surface area (Å²) in [6.45, 7) is 6.36. The van der Waals surface area contributed by atoms with Crippen molar-refractivity contribution >= 4 is 0 Å². The first-order valence-electron chi connectivity index (χ1n) is 6.51. The van der Waals surface area contributed by atoms with Crippen LogP contribution in [0.2, 0.25) is 0 Å². The van der Waals surface area contributed by atoms with Gasteiger partial charge in [-0.3, -0.25) is 4.90 Å². The first kappa shape index (κ1) is 9.21. The molecular weight excluding hydrogens is 170 g/mol. The van der Waals surface area contributed by atoms with Gasteiger partial charge >= 0.3 is 0 Å². The number of fused-ring (bicyclic) bond motifs is 3. The largest absolute Gasteiger partial charge is 0.297 e. The Morgan fingerprint density at radius 2 is 1.93 bits per heavy atom. The van der Waals surface area contributed by atoms with E-state index in [1.165, 1.54) is 38.6 Å². The van der Waals surface area contributed by atoms with Gasteiger partial charge in [-0.05, 0) is 56.4 Å². The third kappa shape index (κ3) is 1.25. The Hall–Kier alpha value is -0.0400. The molecule has 14 heavy (non-hydrogen) atoms. The molecule has 2 aliphatic heterocycles. The summed E-state index contributed by atoms with van der Waals surface area (Å²) in [4.78, 5) is 2.86. The minimum absolute atomic E-state index is 0.965. The van der Waals surface area contributed by atoms with Crippen LogP contribution in [0.25, 0.3) is 0 Å². The Labute approximate surface area is 87.9 Å². The van der Waals surface area contributed by atoms with Crippen molar-refractivity contribution in [3.8, 4) is 0 Å². The smallest absolute Gasteiger partial charge is 0.0153 e. The standard InChI is InChI=1S/C13H23N/c1-9-6-10(2)13-11(7-9)8-12-4-3-5-14(12)13/h9-13H,3-8H2,1-2H3. The molecule has 0 aromatic rings. The molecular formula is C13H23N. The van der Waals surface area contributed by atoms with E-state index in [1.807, 2.05) is 0 Å². The van der Waals surface area contributed by atoms with E-state index in [2.05, 4.69) is 18.7 Å². The maximum atomic E-state index is 2.86. The van der Waals surface area contributed by atoms with E-state index in [9.17, 15) is 0 Å². The molecule has 1 aliphatic carbocycles. The van der Waals surface area contributed by atoms with Crippen molar-refractivity contribution < 1.29 is 0 Å². The molecule has 5 unspecified atom stereocenters.